The van der Waals surface area contributed by atoms with Crippen LogP contribution in [-0.4, -0.2) is 34.8 Å². The molecule has 22 heavy (non-hydrogen) atoms. The summed E-state index contributed by atoms with van der Waals surface area (Å²) < 4.78 is 0. The van der Waals surface area contributed by atoms with Gasteiger partial charge in [0.05, 0.1) is 5.92 Å². The summed E-state index contributed by atoms with van der Waals surface area (Å²) in [6.07, 6.45) is 5.62. The average Bonchev–Trinajstić information content (AvgIpc) is 3.38. The maximum Gasteiger partial charge on any atom is 0.225 e. The third-order valence-electron chi connectivity index (χ3n) is 4.47. The van der Waals surface area contributed by atoms with Gasteiger partial charge in [0.15, 0.2) is 0 Å². The zero-order valence-corrected chi connectivity index (χ0v) is 13.0. The van der Waals surface area contributed by atoms with Crippen LogP contribution < -0.4 is 5.32 Å². The van der Waals surface area contributed by atoms with E-state index in [-0.39, 0.29) is 23.7 Å². The quantitative estimate of drug-likeness (QED) is 0.920. The minimum Gasteiger partial charge on any atom is -0.352 e. The number of hydrogen-bond acceptors (Lipinski definition) is 3. The van der Waals surface area contributed by atoms with Crippen molar-refractivity contribution < 1.29 is 9.59 Å². The molecule has 0 spiro atoms. The molecule has 0 radical (unpaired) electrons. The van der Waals surface area contributed by atoms with Crippen LogP contribution in [0.1, 0.15) is 36.9 Å². The lowest BCUT2D eigenvalue weighted by atomic mass is 9.96. The van der Waals surface area contributed by atoms with Crippen molar-refractivity contribution in [3.05, 3.63) is 29.6 Å². The van der Waals surface area contributed by atoms with Gasteiger partial charge < -0.3 is 10.2 Å². The predicted molar refractivity (Wildman–Crippen MR) is 82.8 cm³/mol. The van der Waals surface area contributed by atoms with Gasteiger partial charge in [0.2, 0.25) is 11.8 Å². The summed E-state index contributed by atoms with van der Waals surface area (Å²) in [6.45, 7) is 3.82. The number of pyridine rings is 1. The number of carbonyl (C=O) groups excluding carboxylic acids is 2. The molecule has 0 bridgehead atoms. The second-order valence-corrected chi connectivity index (χ2v) is 6.42. The van der Waals surface area contributed by atoms with Crippen LogP contribution in [0.2, 0.25) is 0 Å². The van der Waals surface area contributed by atoms with Crippen molar-refractivity contribution in [3.8, 4) is 0 Å². The van der Waals surface area contributed by atoms with Crippen LogP contribution >= 0.6 is 0 Å². The fourth-order valence-electron chi connectivity index (χ4n) is 2.92. The molecule has 1 saturated carbocycles. The second kappa shape index (κ2) is 6.46. The third kappa shape index (κ3) is 3.64. The van der Waals surface area contributed by atoms with E-state index in [2.05, 4.69) is 10.3 Å². The van der Waals surface area contributed by atoms with Gasteiger partial charge in [0.1, 0.15) is 0 Å². The standard InChI is InChI=1S/C17H23N3O2/c1-12-4-5-13(9-18-12)10-19-16(21)15-3-2-8-20(11-15)17(22)14-6-7-14/h4-5,9,14-15H,2-3,6-8,10-11H2,1H3,(H,19,21)/t15-/m0/s1. The van der Waals surface area contributed by atoms with Crippen LogP contribution in [0.3, 0.4) is 0 Å². The van der Waals surface area contributed by atoms with Crippen LogP contribution in [0.15, 0.2) is 18.3 Å². The van der Waals surface area contributed by atoms with Crippen LogP contribution in [0.4, 0.5) is 0 Å². The van der Waals surface area contributed by atoms with Crippen molar-refractivity contribution in [1.82, 2.24) is 15.2 Å². The Morgan fingerprint density at radius 3 is 2.77 bits per heavy atom. The lowest BCUT2D eigenvalue weighted by Crippen LogP contribution is -2.45. The van der Waals surface area contributed by atoms with Gasteiger partial charge in [-0.3, -0.25) is 14.6 Å². The maximum atomic E-state index is 12.3. The molecule has 1 aliphatic heterocycles. The molecule has 1 aromatic heterocycles. The molecular formula is C17H23N3O2. The number of likely N-dealkylation sites (tertiary alicyclic amines) is 1. The highest BCUT2D eigenvalue weighted by Gasteiger charge is 2.36. The molecule has 2 amide bonds. The van der Waals surface area contributed by atoms with Crippen LogP contribution in [0, 0.1) is 18.8 Å². The predicted octanol–water partition coefficient (Wildman–Crippen LogP) is 1.65. The molecule has 5 nitrogen and oxygen atoms in total. The fourth-order valence-corrected chi connectivity index (χ4v) is 2.92. The van der Waals surface area contributed by atoms with E-state index < -0.39 is 0 Å². The first-order valence-electron chi connectivity index (χ1n) is 8.11. The first kappa shape index (κ1) is 15.0. The minimum atomic E-state index is -0.0742. The van der Waals surface area contributed by atoms with Gasteiger partial charge in [0, 0.05) is 37.4 Å². The van der Waals surface area contributed by atoms with Crippen molar-refractivity contribution in [1.29, 1.82) is 0 Å². The molecule has 1 aromatic rings. The molecule has 0 aromatic carbocycles. The summed E-state index contributed by atoms with van der Waals surface area (Å²) in [6, 6.07) is 3.92. The van der Waals surface area contributed by atoms with E-state index in [4.69, 9.17) is 0 Å². The van der Waals surface area contributed by atoms with Crippen LogP contribution in [0.5, 0.6) is 0 Å². The SMILES string of the molecule is Cc1ccc(CNC(=O)[C@H]2CCCN(C(=O)C3CC3)C2)cn1. The lowest BCUT2D eigenvalue weighted by Gasteiger charge is -2.32. The highest BCUT2D eigenvalue weighted by atomic mass is 16.2. The van der Waals surface area contributed by atoms with E-state index in [1.54, 1.807) is 6.20 Å². The summed E-state index contributed by atoms with van der Waals surface area (Å²) in [5.74, 6) is 0.462. The molecule has 0 unspecified atom stereocenters. The zero-order chi connectivity index (χ0) is 15.5. The van der Waals surface area contributed by atoms with Gasteiger partial charge in [-0.15, -0.1) is 0 Å². The maximum absolute atomic E-state index is 12.3. The summed E-state index contributed by atoms with van der Waals surface area (Å²) in [4.78, 5) is 30.6. The Hall–Kier alpha value is -1.91. The first-order valence-corrected chi connectivity index (χ1v) is 8.11. The van der Waals surface area contributed by atoms with E-state index in [9.17, 15) is 9.59 Å². The number of nitrogens with one attached hydrogen (secondary N) is 1. The molecular weight excluding hydrogens is 278 g/mol. The molecule has 1 saturated heterocycles. The van der Waals surface area contributed by atoms with Crippen molar-refractivity contribution in [2.24, 2.45) is 11.8 Å². The number of hydrogen-bond donors (Lipinski definition) is 1. The number of carbonyl (C=O) groups is 2. The Balaban J connectivity index is 1.50. The number of aromatic nitrogens is 1. The Morgan fingerprint density at radius 2 is 2.09 bits per heavy atom. The minimum absolute atomic E-state index is 0.0499. The molecule has 3 rings (SSSR count). The number of amides is 2. The lowest BCUT2D eigenvalue weighted by molar-refractivity contribution is -0.136. The van der Waals surface area contributed by atoms with Crippen molar-refractivity contribution >= 4 is 11.8 Å². The number of piperidine rings is 1. The Labute approximate surface area is 131 Å². The molecule has 2 fully saturated rings. The van der Waals surface area contributed by atoms with Crippen LogP contribution in [-0.2, 0) is 16.1 Å². The smallest absolute Gasteiger partial charge is 0.225 e. The number of rotatable bonds is 4. The van der Waals surface area contributed by atoms with E-state index in [0.717, 1.165) is 43.5 Å². The number of nitrogens with zero attached hydrogens (tertiary/aromatic N) is 2. The highest BCUT2D eigenvalue weighted by Crippen LogP contribution is 2.32. The normalized spacial score (nSPS) is 21.5. The van der Waals surface area contributed by atoms with Gasteiger partial charge in [-0.05, 0) is 44.2 Å². The molecule has 2 aliphatic rings. The molecule has 5 heteroatoms. The highest BCUT2D eigenvalue weighted by molar-refractivity contribution is 5.83. The van der Waals surface area contributed by atoms with Gasteiger partial charge in [-0.25, -0.2) is 0 Å². The van der Waals surface area contributed by atoms with Gasteiger partial charge in [-0.1, -0.05) is 6.07 Å². The monoisotopic (exact) mass is 301 g/mol. The molecule has 1 aliphatic carbocycles. The fraction of sp³-hybridized carbons (Fsp3) is 0.588. The molecule has 118 valence electrons. The molecule has 1 N–H and O–H groups in total. The summed E-state index contributed by atoms with van der Waals surface area (Å²) in [7, 11) is 0. The largest absolute Gasteiger partial charge is 0.352 e. The van der Waals surface area contributed by atoms with Crippen molar-refractivity contribution in [2.75, 3.05) is 13.1 Å². The van der Waals surface area contributed by atoms with Gasteiger partial charge in [-0.2, -0.15) is 0 Å². The summed E-state index contributed by atoms with van der Waals surface area (Å²) >= 11 is 0. The van der Waals surface area contributed by atoms with E-state index >= 15 is 0 Å². The molecule has 1 atom stereocenters. The van der Waals surface area contributed by atoms with Gasteiger partial charge in [0.25, 0.3) is 0 Å². The summed E-state index contributed by atoms with van der Waals surface area (Å²) in [5.41, 5.74) is 1.97. The van der Waals surface area contributed by atoms with Crippen LogP contribution in [0.25, 0.3) is 0 Å². The zero-order valence-electron chi connectivity index (χ0n) is 13.0. The Bertz CT molecular complexity index is 552. The topological polar surface area (TPSA) is 62.3 Å². The molecule has 2 heterocycles. The second-order valence-electron chi connectivity index (χ2n) is 6.42. The first-order chi connectivity index (χ1) is 10.6. The van der Waals surface area contributed by atoms with Crippen molar-refractivity contribution in [2.45, 2.75) is 39.2 Å². The summed E-state index contributed by atoms with van der Waals surface area (Å²) in [5, 5.41) is 2.98. The number of aryl methyl sites for hydroxylation is 1. The Kier molecular flexibility index (Phi) is 4.41. The van der Waals surface area contributed by atoms with Gasteiger partial charge >= 0.3 is 0 Å². The van der Waals surface area contributed by atoms with Crippen molar-refractivity contribution in [3.63, 3.8) is 0 Å². The average molecular weight is 301 g/mol. The van der Waals surface area contributed by atoms with E-state index in [0.29, 0.717) is 13.1 Å². The van der Waals surface area contributed by atoms with E-state index in [1.165, 1.54) is 0 Å². The van der Waals surface area contributed by atoms with E-state index in [1.807, 2.05) is 24.0 Å². The third-order valence-corrected chi connectivity index (χ3v) is 4.47. The Morgan fingerprint density at radius 1 is 1.27 bits per heavy atom.